The Hall–Kier alpha value is -2.77. The van der Waals surface area contributed by atoms with E-state index in [0.717, 1.165) is 36.8 Å². The molecule has 0 aliphatic heterocycles. The molecule has 0 aliphatic rings. The molecule has 0 aromatic heterocycles. The molecular weight excluding hydrogens is 436 g/mol. The second kappa shape index (κ2) is 13.2. The molecule has 0 atom stereocenters. The molecule has 0 N–H and O–H groups in total. The van der Waals surface area contributed by atoms with Crippen LogP contribution in [0.1, 0.15) is 78.4 Å². The van der Waals surface area contributed by atoms with E-state index in [0.29, 0.717) is 11.5 Å². The van der Waals surface area contributed by atoms with Crippen molar-refractivity contribution in [2.45, 2.75) is 91.6 Å². The summed E-state index contributed by atoms with van der Waals surface area (Å²) in [4.78, 5) is 33.7. The second-order valence-corrected chi connectivity index (χ2v) is 9.47. The summed E-state index contributed by atoms with van der Waals surface area (Å²) >= 11 is 0. The van der Waals surface area contributed by atoms with Crippen LogP contribution in [0, 0.1) is 0 Å². The number of hydrogen-bond acceptors (Lipinski definition) is 7. The molecule has 7 heteroatoms. The molecular formula is C27H38O7. The first kappa shape index (κ1) is 27.5. The Labute approximate surface area is 203 Å². The quantitative estimate of drug-likeness (QED) is 0.161. The SMILES string of the molecule is CCCC(C)(C)OOc1ccc(COC(=O)OCc2ccc(OOC(C)(C)CCC)cc2)cc1. The van der Waals surface area contributed by atoms with Crippen molar-refractivity contribution < 1.29 is 33.8 Å². The Bertz CT molecular complexity index is 786. The smallest absolute Gasteiger partial charge is 0.429 e. The third-order valence-corrected chi connectivity index (χ3v) is 4.99. The minimum atomic E-state index is -0.741. The number of hydrogen-bond donors (Lipinski definition) is 0. The molecule has 2 rings (SSSR count). The van der Waals surface area contributed by atoms with Gasteiger partial charge in [-0.05, 0) is 75.9 Å². The van der Waals surface area contributed by atoms with Crippen LogP contribution < -0.4 is 9.78 Å². The van der Waals surface area contributed by atoms with Gasteiger partial charge in [0.1, 0.15) is 24.4 Å². The van der Waals surface area contributed by atoms with Gasteiger partial charge in [0.2, 0.25) is 0 Å². The van der Waals surface area contributed by atoms with Gasteiger partial charge in [0.15, 0.2) is 11.5 Å². The summed E-state index contributed by atoms with van der Waals surface area (Å²) in [7, 11) is 0. The van der Waals surface area contributed by atoms with E-state index in [-0.39, 0.29) is 24.4 Å². The largest absolute Gasteiger partial charge is 0.508 e. The first-order valence-corrected chi connectivity index (χ1v) is 11.8. The first-order chi connectivity index (χ1) is 16.1. The van der Waals surface area contributed by atoms with Gasteiger partial charge in [-0.3, -0.25) is 0 Å². The van der Waals surface area contributed by atoms with E-state index in [1.54, 1.807) is 48.5 Å². The van der Waals surface area contributed by atoms with Gasteiger partial charge in [-0.2, -0.15) is 9.78 Å². The maximum Gasteiger partial charge on any atom is 0.508 e. The molecule has 0 saturated carbocycles. The van der Waals surface area contributed by atoms with Crippen LogP contribution in [-0.4, -0.2) is 17.4 Å². The monoisotopic (exact) mass is 474 g/mol. The van der Waals surface area contributed by atoms with E-state index in [2.05, 4.69) is 13.8 Å². The Morgan fingerprint density at radius 1 is 0.647 bits per heavy atom. The van der Waals surface area contributed by atoms with E-state index >= 15 is 0 Å². The van der Waals surface area contributed by atoms with Crippen LogP contribution in [0.3, 0.4) is 0 Å². The number of carbonyl (C=O) groups is 1. The van der Waals surface area contributed by atoms with E-state index in [9.17, 15) is 4.79 Å². The van der Waals surface area contributed by atoms with E-state index in [1.165, 1.54) is 0 Å². The molecule has 0 saturated heterocycles. The highest BCUT2D eigenvalue weighted by molar-refractivity contribution is 5.60. The van der Waals surface area contributed by atoms with Crippen LogP contribution in [-0.2, 0) is 32.5 Å². The predicted octanol–water partition coefficient (Wildman–Crippen LogP) is 7.32. The van der Waals surface area contributed by atoms with E-state index in [4.69, 9.17) is 29.0 Å². The lowest BCUT2D eigenvalue weighted by molar-refractivity contribution is -0.282. The van der Waals surface area contributed by atoms with Gasteiger partial charge in [-0.15, -0.1) is 0 Å². The zero-order chi connectivity index (χ0) is 25.0. The Morgan fingerprint density at radius 3 is 1.32 bits per heavy atom. The summed E-state index contributed by atoms with van der Waals surface area (Å²) in [6.07, 6.45) is 3.06. The van der Waals surface area contributed by atoms with Gasteiger partial charge >= 0.3 is 6.16 Å². The highest BCUT2D eigenvalue weighted by atomic mass is 17.2. The van der Waals surface area contributed by atoms with Crippen molar-refractivity contribution in [1.82, 2.24) is 0 Å². The zero-order valence-corrected chi connectivity index (χ0v) is 21.2. The zero-order valence-electron chi connectivity index (χ0n) is 21.2. The molecule has 0 radical (unpaired) electrons. The molecule has 7 nitrogen and oxygen atoms in total. The van der Waals surface area contributed by atoms with Crippen LogP contribution >= 0.6 is 0 Å². The molecule has 2 aromatic carbocycles. The number of benzene rings is 2. The summed E-state index contributed by atoms with van der Waals surface area (Å²) < 4.78 is 10.4. The van der Waals surface area contributed by atoms with Crippen molar-refractivity contribution in [2.24, 2.45) is 0 Å². The van der Waals surface area contributed by atoms with Gasteiger partial charge in [0, 0.05) is 0 Å². The third kappa shape index (κ3) is 10.4. The molecule has 2 aromatic rings. The standard InChI is InChI=1S/C27H38O7/c1-7-17-26(3,4)33-31-23-13-9-21(10-14-23)19-29-25(28)30-20-22-11-15-24(16-12-22)32-34-27(5,6)18-8-2/h9-16H,7-8,17-20H2,1-6H3. The fraction of sp³-hybridized carbons (Fsp3) is 0.519. The summed E-state index contributed by atoms with van der Waals surface area (Å²) in [5, 5.41) is 0. The lowest BCUT2D eigenvalue weighted by Crippen LogP contribution is -2.25. The van der Waals surface area contributed by atoms with Crippen molar-refractivity contribution in [1.29, 1.82) is 0 Å². The first-order valence-electron chi connectivity index (χ1n) is 11.8. The van der Waals surface area contributed by atoms with Crippen molar-refractivity contribution in [2.75, 3.05) is 0 Å². The fourth-order valence-electron chi connectivity index (χ4n) is 3.22. The third-order valence-electron chi connectivity index (χ3n) is 4.99. The number of ether oxygens (including phenoxy) is 2. The van der Waals surface area contributed by atoms with Crippen molar-refractivity contribution in [3.8, 4) is 11.5 Å². The Morgan fingerprint density at radius 2 is 1.00 bits per heavy atom. The topological polar surface area (TPSA) is 72.5 Å². The highest BCUT2D eigenvalue weighted by Gasteiger charge is 2.20. The molecule has 0 bridgehead atoms. The van der Waals surface area contributed by atoms with E-state index in [1.807, 2.05) is 27.7 Å². The van der Waals surface area contributed by atoms with Crippen LogP contribution in [0.4, 0.5) is 4.79 Å². The Kier molecular flexibility index (Phi) is 10.7. The predicted molar refractivity (Wildman–Crippen MR) is 129 cm³/mol. The lowest BCUT2D eigenvalue weighted by Gasteiger charge is -2.22. The van der Waals surface area contributed by atoms with E-state index < -0.39 is 6.16 Å². The average Bonchev–Trinajstić information content (AvgIpc) is 2.80. The molecule has 0 unspecified atom stereocenters. The fourth-order valence-corrected chi connectivity index (χ4v) is 3.22. The lowest BCUT2D eigenvalue weighted by atomic mass is 10.0. The minimum absolute atomic E-state index is 0.0962. The van der Waals surface area contributed by atoms with Crippen LogP contribution in [0.5, 0.6) is 11.5 Å². The number of carbonyl (C=O) groups excluding carboxylic acids is 1. The molecule has 0 amide bonds. The molecule has 0 spiro atoms. The normalized spacial score (nSPS) is 11.7. The van der Waals surface area contributed by atoms with Gasteiger partial charge in [0.25, 0.3) is 0 Å². The van der Waals surface area contributed by atoms with Crippen LogP contribution in [0.2, 0.25) is 0 Å². The molecule has 0 fully saturated rings. The maximum atomic E-state index is 11.9. The molecule has 0 heterocycles. The van der Waals surface area contributed by atoms with Crippen molar-refractivity contribution >= 4 is 6.16 Å². The summed E-state index contributed by atoms with van der Waals surface area (Å²) in [6.45, 7) is 12.3. The van der Waals surface area contributed by atoms with Gasteiger partial charge in [-0.25, -0.2) is 4.79 Å². The average molecular weight is 475 g/mol. The van der Waals surface area contributed by atoms with Crippen molar-refractivity contribution in [3.63, 3.8) is 0 Å². The molecule has 188 valence electrons. The maximum absolute atomic E-state index is 11.9. The summed E-state index contributed by atoms with van der Waals surface area (Å²) in [6, 6.07) is 14.3. The van der Waals surface area contributed by atoms with Gasteiger partial charge in [-0.1, -0.05) is 51.0 Å². The second-order valence-electron chi connectivity index (χ2n) is 9.47. The van der Waals surface area contributed by atoms with Gasteiger partial charge in [0.05, 0.1) is 0 Å². The van der Waals surface area contributed by atoms with Gasteiger partial charge < -0.3 is 19.2 Å². The highest BCUT2D eigenvalue weighted by Crippen LogP contribution is 2.22. The molecule has 34 heavy (non-hydrogen) atoms. The minimum Gasteiger partial charge on any atom is -0.429 e. The summed E-state index contributed by atoms with van der Waals surface area (Å²) in [5.41, 5.74) is 0.911. The number of rotatable bonds is 14. The summed E-state index contributed by atoms with van der Waals surface area (Å²) in [5.74, 6) is 1.17. The van der Waals surface area contributed by atoms with Crippen LogP contribution in [0.25, 0.3) is 0 Å². The molecule has 0 aliphatic carbocycles. The van der Waals surface area contributed by atoms with Crippen LogP contribution in [0.15, 0.2) is 48.5 Å². The Balaban J connectivity index is 1.70. The van der Waals surface area contributed by atoms with Crippen molar-refractivity contribution in [3.05, 3.63) is 59.7 Å².